The molecule has 132 valence electrons. The molecule has 2 fully saturated rings. The van der Waals surface area contributed by atoms with Crippen LogP contribution in [0.15, 0.2) is 30.5 Å². The van der Waals surface area contributed by atoms with Gasteiger partial charge in [0.15, 0.2) is 0 Å². The number of halogens is 1. The van der Waals surface area contributed by atoms with Gasteiger partial charge >= 0.3 is 5.97 Å². The maximum atomic E-state index is 12.8. The molecule has 2 saturated heterocycles. The van der Waals surface area contributed by atoms with Gasteiger partial charge in [0, 0.05) is 42.4 Å². The van der Waals surface area contributed by atoms with Crippen molar-refractivity contribution in [1.82, 2.24) is 9.47 Å². The molecule has 1 aromatic heterocycles. The highest BCUT2D eigenvalue weighted by molar-refractivity contribution is 6.31. The van der Waals surface area contributed by atoms with Crippen LogP contribution in [-0.4, -0.2) is 52.8 Å². The minimum atomic E-state index is -0.865. The highest BCUT2D eigenvalue weighted by Crippen LogP contribution is 2.42. The Hall–Kier alpha value is -2.05. The van der Waals surface area contributed by atoms with E-state index in [1.807, 2.05) is 35.0 Å². The minimum Gasteiger partial charge on any atom is -0.481 e. The molecule has 25 heavy (non-hydrogen) atoms. The first-order chi connectivity index (χ1) is 12.0. The number of fused-ring (bicyclic) bond motifs is 2. The van der Waals surface area contributed by atoms with Gasteiger partial charge in [-0.15, -0.1) is 0 Å². The molecule has 0 saturated carbocycles. The van der Waals surface area contributed by atoms with Crippen molar-refractivity contribution in [2.75, 3.05) is 26.3 Å². The highest BCUT2D eigenvalue weighted by Gasteiger charge is 2.54. The number of hydrogen-bond acceptors (Lipinski definition) is 3. The molecular weight excluding hydrogens is 344 g/mol. The number of carbonyl (C=O) groups is 2. The molecule has 3 heterocycles. The summed E-state index contributed by atoms with van der Waals surface area (Å²) in [4.78, 5) is 26.3. The van der Waals surface area contributed by atoms with Crippen LogP contribution in [0.25, 0.3) is 10.9 Å². The number of benzene rings is 1. The predicted octanol–water partition coefficient (Wildman–Crippen LogP) is 2.24. The van der Waals surface area contributed by atoms with E-state index in [9.17, 15) is 14.7 Å². The van der Waals surface area contributed by atoms with Gasteiger partial charge < -0.3 is 19.3 Å². The summed E-state index contributed by atoms with van der Waals surface area (Å²) in [6.07, 6.45) is 2.32. The molecule has 2 atom stereocenters. The molecule has 1 aromatic carbocycles. The van der Waals surface area contributed by atoms with E-state index in [4.69, 9.17) is 16.3 Å². The summed E-state index contributed by atoms with van der Waals surface area (Å²) in [7, 11) is 0. The van der Waals surface area contributed by atoms with E-state index in [1.165, 1.54) is 0 Å². The topological polar surface area (TPSA) is 71.8 Å². The van der Waals surface area contributed by atoms with Crippen molar-refractivity contribution >= 4 is 34.4 Å². The van der Waals surface area contributed by atoms with E-state index in [0.29, 0.717) is 31.2 Å². The molecule has 7 heteroatoms. The van der Waals surface area contributed by atoms with Crippen molar-refractivity contribution in [3.63, 3.8) is 0 Å². The summed E-state index contributed by atoms with van der Waals surface area (Å²) in [6.45, 7) is 1.71. The van der Waals surface area contributed by atoms with E-state index in [0.717, 1.165) is 10.9 Å². The van der Waals surface area contributed by atoms with Gasteiger partial charge in [-0.1, -0.05) is 17.7 Å². The second kappa shape index (κ2) is 6.04. The lowest BCUT2D eigenvalue weighted by molar-refractivity contribution is -0.157. The SMILES string of the molecule is O=C(Cn1ccc2ccc(Cl)cc21)N1C[C@H]2COCC[C@@]2(C(=O)O)C1. The largest absolute Gasteiger partial charge is 0.481 e. The molecule has 2 aliphatic rings. The standard InChI is InChI=1S/C18H19ClN2O4/c19-14-2-1-12-3-5-20(15(12)7-14)9-16(22)21-8-13-10-25-6-4-18(13,11-21)17(23)24/h1-3,5,7,13H,4,6,8-11H2,(H,23,24)/t13-,18+/m0/s1. The number of amides is 1. The molecule has 2 aliphatic heterocycles. The fourth-order valence-corrected chi connectivity index (χ4v) is 4.20. The van der Waals surface area contributed by atoms with E-state index in [-0.39, 0.29) is 24.9 Å². The molecule has 0 radical (unpaired) electrons. The summed E-state index contributed by atoms with van der Waals surface area (Å²) in [5.74, 6) is -1.04. The van der Waals surface area contributed by atoms with Gasteiger partial charge in [0.25, 0.3) is 0 Å². The number of carboxylic acids is 1. The molecule has 4 rings (SSSR count). The average Bonchev–Trinajstić information content (AvgIpc) is 3.17. The lowest BCUT2D eigenvalue weighted by Crippen LogP contribution is -2.45. The van der Waals surface area contributed by atoms with Crippen LogP contribution in [0.1, 0.15) is 6.42 Å². The summed E-state index contributed by atoms with van der Waals surface area (Å²) < 4.78 is 7.30. The number of likely N-dealkylation sites (tertiary alicyclic amines) is 1. The zero-order valence-electron chi connectivity index (χ0n) is 13.7. The number of ether oxygens (including phenoxy) is 1. The maximum absolute atomic E-state index is 12.8. The summed E-state index contributed by atoms with van der Waals surface area (Å²) >= 11 is 6.06. The smallest absolute Gasteiger partial charge is 0.311 e. The van der Waals surface area contributed by atoms with Crippen LogP contribution in [0.4, 0.5) is 0 Å². The van der Waals surface area contributed by atoms with E-state index < -0.39 is 11.4 Å². The molecule has 2 aromatic rings. The quantitative estimate of drug-likeness (QED) is 0.909. The Morgan fingerprint density at radius 2 is 2.20 bits per heavy atom. The fraction of sp³-hybridized carbons (Fsp3) is 0.444. The first kappa shape index (κ1) is 16.4. The number of rotatable bonds is 3. The molecule has 0 spiro atoms. The zero-order valence-corrected chi connectivity index (χ0v) is 14.4. The number of aliphatic carboxylic acids is 1. The predicted molar refractivity (Wildman–Crippen MR) is 92.5 cm³/mol. The van der Waals surface area contributed by atoms with Crippen LogP contribution in [-0.2, 0) is 20.9 Å². The van der Waals surface area contributed by atoms with Crippen LogP contribution in [0.3, 0.4) is 0 Å². The number of nitrogens with zero attached hydrogens (tertiary/aromatic N) is 2. The number of carboxylic acid groups (broad SMARTS) is 1. The zero-order chi connectivity index (χ0) is 17.6. The van der Waals surface area contributed by atoms with Crippen molar-refractivity contribution in [3.8, 4) is 0 Å². The van der Waals surface area contributed by atoms with Crippen LogP contribution < -0.4 is 0 Å². The Labute approximate surface area is 149 Å². The summed E-state index contributed by atoms with van der Waals surface area (Å²) in [5.41, 5.74) is 0.0319. The van der Waals surface area contributed by atoms with Crippen LogP contribution in [0.5, 0.6) is 0 Å². The minimum absolute atomic E-state index is 0.0764. The van der Waals surface area contributed by atoms with Gasteiger partial charge in [0.05, 0.1) is 12.0 Å². The Morgan fingerprint density at radius 3 is 2.96 bits per heavy atom. The second-order valence-corrected chi connectivity index (χ2v) is 7.34. The Morgan fingerprint density at radius 1 is 1.36 bits per heavy atom. The van der Waals surface area contributed by atoms with Crippen LogP contribution in [0, 0.1) is 11.3 Å². The molecule has 0 unspecified atom stereocenters. The Balaban J connectivity index is 1.55. The molecule has 0 bridgehead atoms. The molecular formula is C18H19ClN2O4. The van der Waals surface area contributed by atoms with E-state index in [2.05, 4.69) is 0 Å². The Bertz CT molecular complexity index is 849. The van der Waals surface area contributed by atoms with E-state index in [1.54, 1.807) is 4.90 Å². The lowest BCUT2D eigenvalue weighted by atomic mass is 9.74. The third kappa shape index (κ3) is 2.69. The van der Waals surface area contributed by atoms with Gasteiger partial charge in [-0.05, 0) is 30.0 Å². The second-order valence-electron chi connectivity index (χ2n) is 6.90. The molecule has 1 N–H and O–H groups in total. The Kier molecular flexibility index (Phi) is 3.96. The molecule has 1 amide bonds. The number of hydrogen-bond donors (Lipinski definition) is 1. The van der Waals surface area contributed by atoms with Crippen molar-refractivity contribution < 1.29 is 19.4 Å². The average molecular weight is 363 g/mol. The van der Waals surface area contributed by atoms with Crippen LogP contribution in [0.2, 0.25) is 5.02 Å². The van der Waals surface area contributed by atoms with Crippen molar-refractivity contribution in [1.29, 1.82) is 0 Å². The maximum Gasteiger partial charge on any atom is 0.311 e. The number of aromatic nitrogens is 1. The summed E-state index contributed by atoms with van der Waals surface area (Å²) in [6, 6.07) is 7.51. The first-order valence-electron chi connectivity index (χ1n) is 8.33. The normalized spacial score (nSPS) is 26.0. The van der Waals surface area contributed by atoms with Crippen molar-refractivity contribution in [2.24, 2.45) is 11.3 Å². The van der Waals surface area contributed by atoms with Gasteiger partial charge in [-0.3, -0.25) is 9.59 Å². The molecule has 6 nitrogen and oxygen atoms in total. The van der Waals surface area contributed by atoms with Crippen molar-refractivity contribution in [3.05, 3.63) is 35.5 Å². The summed E-state index contributed by atoms with van der Waals surface area (Å²) in [5, 5.41) is 11.3. The third-order valence-corrected chi connectivity index (χ3v) is 5.76. The van der Waals surface area contributed by atoms with Gasteiger partial charge in [0.2, 0.25) is 5.91 Å². The fourth-order valence-electron chi connectivity index (χ4n) is 4.03. The van der Waals surface area contributed by atoms with Crippen LogP contribution >= 0.6 is 11.6 Å². The third-order valence-electron chi connectivity index (χ3n) is 5.53. The van der Waals surface area contributed by atoms with Crippen molar-refractivity contribution in [2.45, 2.75) is 13.0 Å². The first-order valence-corrected chi connectivity index (χ1v) is 8.71. The number of carbonyl (C=O) groups excluding carboxylic acids is 1. The lowest BCUT2D eigenvalue weighted by Gasteiger charge is -2.33. The molecule has 0 aliphatic carbocycles. The highest BCUT2D eigenvalue weighted by atomic mass is 35.5. The van der Waals surface area contributed by atoms with Gasteiger partial charge in [0.1, 0.15) is 6.54 Å². The van der Waals surface area contributed by atoms with Gasteiger partial charge in [-0.25, -0.2) is 0 Å². The van der Waals surface area contributed by atoms with E-state index >= 15 is 0 Å². The van der Waals surface area contributed by atoms with Gasteiger partial charge in [-0.2, -0.15) is 0 Å². The monoisotopic (exact) mass is 362 g/mol.